The van der Waals surface area contributed by atoms with E-state index in [1.165, 1.54) is 11.3 Å². The highest BCUT2D eigenvalue weighted by Crippen LogP contribution is 2.07. The van der Waals surface area contributed by atoms with Gasteiger partial charge >= 0.3 is 0 Å². The van der Waals surface area contributed by atoms with Gasteiger partial charge in [-0.2, -0.15) is 0 Å². The van der Waals surface area contributed by atoms with Crippen LogP contribution in [0.2, 0.25) is 0 Å². The first kappa shape index (κ1) is 12.1. The van der Waals surface area contributed by atoms with Crippen LogP contribution in [0.5, 0.6) is 0 Å². The summed E-state index contributed by atoms with van der Waals surface area (Å²) in [6.07, 6.45) is 4.97. The summed E-state index contributed by atoms with van der Waals surface area (Å²) in [6.45, 7) is 0.789. The Kier molecular flexibility index (Phi) is 4.56. The first-order valence-electron chi connectivity index (χ1n) is 5.87. The molecule has 0 aliphatic rings. The van der Waals surface area contributed by atoms with E-state index in [1.54, 1.807) is 0 Å². The predicted molar refractivity (Wildman–Crippen MR) is 69.2 cm³/mol. The molecule has 0 unspecified atom stereocenters. The molecule has 0 amide bonds. The van der Waals surface area contributed by atoms with Crippen molar-refractivity contribution in [3.8, 4) is 0 Å². The number of aromatic nitrogens is 3. The number of unbranched alkanes of at least 4 members (excludes halogenated alkanes) is 1. The first-order chi connectivity index (χ1) is 8.40. The molecular formula is C13H16ClN3. The second kappa shape index (κ2) is 6.40. The smallest absolute Gasteiger partial charge is 0.0725 e. The summed E-state index contributed by atoms with van der Waals surface area (Å²) in [6, 6.07) is 10.3. The van der Waals surface area contributed by atoms with Gasteiger partial charge in [-0.25, -0.2) is 4.68 Å². The number of benzene rings is 1. The molecule has 1 heterocycles. The van der Waals surface area contributed by atoms with Crippen molar-refractivity contribution in [1.29, 1.82) is 0 Å². The van der Waals surface area contributed by atoms with Gasteiger partial charge in [0.25, 0.3) is 0 Å². The largest absolute Gasteiger partial charge is 0.245 e. The van der Waals surface area contributed by atoms with E-state index in [-0.39, 0.29) is 0 Å². The highest BCUT2D eigenvalue weighted by atomic mass is 35.5. The van der Waals surface area contributed by atoms with E-state index in [2.05, 4.69) is 22.4 Å². The summed E-state index contributed by atoms with van der Waals surface area (Å²) in [5.74, 6) is 0.722. The lowest BCUT2D eigenvalue weighted by atomic mass is 10.2. The maximum Gasteiger partial charge on any atom is 0.0725 e. The second-order valence-corrected chi connectivity index (χ2v) is 4.39. The summed E-state index contributed by atoms with van der Waals surface area (Å²) in [7, 11) is 0. The van der Waals surface area contributed by atoms with Crippen LogP contribution in [0, 0.1) is 0 Å². The Morgan fingerprint density at radius 2 is 1.94 bits per heavy atom. The molecule has 0 spiro atoms. The summed E-state index contributed by atoms with van der Waals surface area (Å²) in [4.78, 5) is 0. The highest BCUT2D eigenvalue weighted by Gasteiger charge is 2.04. The minimum absolute atomic E-state index is 0.722. The zero-order valence-electron chi connectivity index (χ0n) is 9.72. The highest BCUT2D eigenvalue weighted by molar-refractivity contribution is 6.17. The van der Waals surface area contributed by atoms with Crippen molar-refractivity contribution in [2.24, 2.45) is 0 Å². The molecule has 0 aliphatic heterocycles. The van der Waals surface area contributed by atoms with E-state index < -0.39 is 0 Å². The zero-order chi connectivity index (χ0) is 11.9. The number of hydrogen-bond acceptors (Lipinski definition) is 2. The molecule has 90 valence electrons. The van der Waals surface area contributed by atoms with Crippen molar-refractivity contribution < 1.29 is 0 Å². The lowest BCUT2D eigenvalue weighted by molar-refractivity contribution is 0.606. The summed E-state index contributed by atoms with van der Waals surface area (Å²) < 4.78 is 1.96. The van der Waals surface area contributed by atoms with E-state index in [0.717, 1.165) is 31.7 Å². The van der Waals surface area contributed by atoms with Crippen molar-refractivity contribution in [2.45, 2.75) is 25.8 Å². The number of alkyl halides is 1. The fraction of sp³-hybridized carbons (Fsp3) is 0.385. The molecule has 0 bridgehead atoms. The predicted octanol–water partition coefficient (Wildman–Crippen LogP) is 2.89. The van der Waals surface area contributed by atoms with Gasteiger partial charge in [0.2, 0.25) is 0 Å². The van der Waals surface area contributed by atoms with Crippen molar-refractivity contribution in [3.63, 3.8) is 0 Å². The first-order valence-corrected chi connectivity index (χ1v) is 6.41. The van der Waals surface area contributed by atoms with Gasteiger partial charge < -0.3 is 0 Å². The lowest BCUT2D eigenvalue weighted by Gasteiger charge is -2.05. The van der Waals surface area contributed by atoms with Crippen LogP contribution < -0.4 is 0 Å². The molecular weight excluding hydrogens is 234 g/mol. The molecule has 0 N–H and O–H groups in total. The summed E-state index contributed by atoms with van der Waals surface area (Å²) in [5.41, 5.74) is 2.43. The minimum Gasteiger partial charge on any atom is -0.245 e. The van der Waals surface area contributed by atoms with Crippen LogP contribution >= 0.6 is 11.6 Å². The van der Waals surface area contributed by atoms with Crippen LogP contribution in [0.25, 0.3) is 0 Å². The molecule has 0 atom stereocenters. The molecule has 3 nitrogen and oxygen atoms in total. The average Bonchev–Trinajstić information content (AvgIpc) is 2.79. The van der Waals surface area contributed by atoms with Crippen molar-refractivity contribution in [2.75, 3.05) is 5.88 Å². The lowest BCUT2D eigenvalue weighted by Crippen LogP contribution is -2.06. The standard InChI is InChI=1S/C13H16ClN3/c14-9-5-4-8-13-10-15-16-17(13)11-12-6-2-1-3-7-12/h1-3,6-7,10H,4-5,8-9,11H2. The molecule has 1 aromatic heterocycles. The fourth-order valence-electron chi connectivity index (χ4n) is 1.76. The molecule has 1 aromatic carbocycles. The Morgan fingerprint density at radius 1 is 1.12 bits per heavy atom. The molecule has 17 heavy (non-hydrogen) atoms. The van der Waals surface area contributed by atoms with E-state index in [4.69, 9.17) is 11.6 Å². The summed E-state index contributed by atoms with van der Waals surface area (Å²) >= 11 is 5.67. The number of rotatable bonds is 6. The van der Waals surface area contributed by atoms with Crippen molar-refractivity contribution in [1.82, 2.24) is 15.0 Å². The SMILES string of the molecule is ClCCCCc1cnnn1Cc1ccccc1. The molecule has 2 aromatic rings. The molecule has 0 aliphatic carbocycles. The third-order valence-corrected chi connectivity index (χ3v) is 2.96. The van der Waals surface area contributed by atoms with Gasteiger partial charge in [-0.3, -0.25) is 0 Å². The maximum absolute atomic E-state index is 5.67. The van der Waals surface area contributed by atoms with Gasteiger partial charge in [0.1, 0.15) is 0 Å². The van der Waals surface area contributed by atoms with Crippen LogP contribution in [0.15, 0.2) is 36.5 Å². The minimum atomic E-state index is 0.722. The Morgan fingerprint density at radius 3 is 2.71 bits per heavy atom. The van der Waals surface area contributed by atoms with Crippen molar-refractivity contribution in [3.05, 3.63) is 47.8 Å². The molecule has 0 radical (unpaired) electrons. The molecule has 2 rings (SSSR count). The molecule has 0 fully saturated rings. The Bertz CT molecular complexity index is 439. The van der Waals surface area contributed by atoms with E-state index in [0.29, 0.717) is 0 Å². The van der Waals surface area contributed by atoms with Crippen LogP contribution in [0.1, 0.15) is 24.1 Å². The van der Waals surface area contributed by atoms with E-state index >= 15 is 0 Å². The topological polar surface area (TPSA) is 30.7 Å². The Labute approximate surface area is 106 Å². The van der Waals surface area contributed by atoms with Crippen LogP contribution in [-0.4, -0.2) is 20.9 Å². The fourth-order valence-corrected chi connectivity index (χ4v) is 1.95. The number of nitrogens with zero attached hydrogens (tertiary/aromatic N) is 3. The molecule has 4 heteroatoms. The monoisotopic (exact) mass is 249 g/mol. The number of hydrogen-bond donors (Lipinski definition) is 0. The normalized spacial score (nSPS) is 10.6. The quantitative estimate of drug-likeness (QED) is 0.582. The number of aryl methyl sites for hydroxylation is 1. The van der Waals surface area contributed by atoms with Crippen LogP contribution in [-0.2, 0) is 13.0 Å². The van der Waals surface area contributed by atoms with Gasteiger partial charge in [-0.15, -0.1) is 16.7 Å². The van der Waals surface area contributed by atoms with Gasteiger partial charge in [0, 0.05) is 5.88 Å². The van der Waals surface area contributed by atoms with E-state index in [1.807, 2.05) is 29.1 Å². The average molecular weight is 250 g/mol. The van der Waals surface area contributed by atoms with Gasteiger partial charge in [0.05, 0.1) is 18.4 Å². The van der Waals surface area contributed by atoms with Crippen molar-refractivity contribution >= 4 is 11.6 Å². The maximum atomic E-state index is 5.67. The summed E-state index contributed by atoms with van der Waals surface area (Å²) in [5, 5.41) is 8.10. The van der Waals surface area contributed by atoms with E-state index in [9.17, 15) is 0 Å². The second-order valence-electron chi connectivity index (χ2n) is 4.01. The molecule has 0 saturated heterocycles. The Balaban J connectivity index is 1.99. The van der Waals surface area contributed by atoms with Gasteiger partial charge in [-0.1, -0.05) is 35.5 Å². The Hall–Kier alpha value is -1.35. The third kappa shape index (κ3) is 3.56. The number of halogens is 1. The van der Waals surface area contributed by atoms with Crippen LogP contribution in [0.4, 0.5) is 0 Å². The van der Waals surface area contributed by atoms with Crippen LogP contribution in [0.3, 0.4) is 0 Å². The van der Waals surface area contributed by atoms with Gasteiger partial charge in [0.15, 0.2) is 0 Å². The third-order valence-electron chi connectivity index (χ3n) is 2.69. The molecule has 0 saturated carbocycles. The van der Waals surface area contributed by atoms with Gasteiger partial charge in [-0.05, 0) is 24.8 Å². The zero-order valence-corrected chi connectivity index (χ0v) is 10.5.